The summed E-state index contributed by atoms with van der Waals surface area (Å²) in [5, 5.41) is 15.6. The highest BCUT2D eigenvalue weighted by atomic mass is 16.6. The maximum atomic E-state index is 12.8. The summed E-state index contributed by atoms with van der Waals surface area (Å²) in [4.78, 5) is 28.9. The number of nitrogens with zero attached hydrogens (tertiary/aromatic N) is 6. The van der Waals surface area contributed by atoms with Crippen molar-refractivity contribution in [3.8, 4) is 0 Å². The zero-order chi connectivity index (χ0) is 22.0. The van der Waals surface area contributed by atoms with E-state index in [-0.39, 0.29) is 24.0 Å². The first-order chi connectivity index (χ1) is 14.8. The number of carbonyl (C=O) groups is 2. The van der Waals surface area contributed by atoms with Gasteiger partial charge in [0.05, 0.1) is 0 Å². The van der Waals surface area contributed by atoms with Crippen LogP contribution in [-0.2, 0) is 9.53 Å². The summed E-state index contributed by atoms with van der Waals surface area (Å²) in [5.74, 6) is 1.01. The number of rotatable bonds is 3. The van der Waals surface area contributed by atoms with E-state index in [1.807, 2.05) is 32.9 Å². The predicted molar refractivity (Wildman–Crippen MR) is 115 cm³/mol. The number of nitrogens with one attached hydrogen (secondary N) is 1. The molecule has 10 heteroatoms. The summed E-state index contributed by atoms with van der Waals surface area (Å²) in [5.41, 5.74) is 0.226. The molecule has 4 heterocycles. The quantitative estimate of drug-likeness (QED) is 0.794. The number of hydrogen-bond donors (Lipinski definition) is 1. The van der Waals surface area contributed by atoms with Crippen LogP contribution in [0.3, 0.4) is 0 Å². The van der Waals surface area contributed by atoms with Gasteiger partial charge in [-0.15, -0.1) is 15.3 Å². The predicted octanol–water partition coefficient (Wildman–Crippen LogP) is 1.86. The average molecular weight is 430 g/mol. The molecule has 1 N–H and O–H groups in total. The van der Waals surface area contributed by atoms with Gasteiger partial charge in [-0.05, 0) is 58.6 Å². The van der Waals surface area contributed by atoms with Crippen LogP contribution in [-0.4, -0.2) is 74.5 Å². The zero-order valence-corrected chi connectivity index (χ0v) is 18.5. The van der Waals surface area contributed by atoms with E-state index in [1.54, 1.807) is 15.7 Å². The second-order valence-corrected chi connectivity index (χ2v) is 9.34. The molecule has 0 aromatic carbocycles. The third kappa shape index (κ3) is 5.23. The summed E-state index contributed by atoms with van der Waals surface area (Å²) < 4.78 is 7.10. The van der Waals surface area contributed by atoms with Crippen LogP contribution >= 0.6 is 0 Å². The summed E-state index contributed by atoms with van der Waals surface area (Å²) in [6.45, 7) is 8.39. The van der Waals surface area contributed by atoms with Gasteiger partial charge in [0.25, 0.3) is 0 Å². The number of likely N-dealkylation sites (tertiary alicyclic amines) is 1. The van der Waals surface area contributed by atoms with Crippen molar-refractivity contribution in [1.82, 2.24) is 30.0 Å². The Bertz CT molecular complexity index is 922. The van der Waals surface area contributed by atoms with Crippen molar-refractivity contribution < 1.29 is 14.3 Å². The molecule has 4 rings (SSSR count). The lowest BCUT2D eigenvalue weighted by Crippen LogP contribution is -2.50. The van der Waals surface area contributed by atoms with Crippen LogP contribution in [0.4, 0.5) is 10.6 Å². The summed E-state index contributed by atoms with van der Waals surface area (Å²) >= 11 is 0. The molecule has 0 bridgehead atoms. The van der Waals surface area contributed by atoms with E-state index in [4.69, 9.17) is 4.74 Å². The fourth-order valence-electron chi connectivity index (χ4n) is 4.11. The van der Waals surface area contributed by atoms with Gasteiger partial charge in [-0.1, -0.05) is 0 Å². The molecule has 2 aromatic heterocycles. The van der Waals surface area contributed by atoms with Crippen molar-refractivity contribution in [3.05, 3.63) is 18.5 Å². The fourth-order valence-corrected chi connectivity index (χ4v) is 4.11. The third-order valence-corrected chi connectivity index (χ3v) is 5.83. The Kier molecular flexibility index (Phi) is 5.97. The highest BCUT2D eigenvalue weighted by Gasteiger charge is 2.30. The Balaban J connectivity index is 1.22. The molecule has 2 saturated heterocycles. The van der Waals surface area contributed by atoms with Crippen molar-refractivity contribution >= 4 is 23.5 Å². The van der Waals surface area contributed by atoms with E-state index in [2.05, 4.69) is 25.5 Å². The molecule has 2 aromatic rings. The number of ether oxygens (including phenoxy) is 1. The average Bonchev–Trinajstić information content (AvgIpc) is 3.21. The van der Waals surface area contributed by atoms with Gasteiger partial charge in [0.15, 0.2) is 5.65 Å². The molecule has 31 heavy (non-hydrogen) atoms. The van der Waals surface area contributed by atoms with Gasteiger partial charge in [0.2, 0.25) is 5.91 Å². The minimum absolute atomic E-state index is 0.0128. The molecule has 10 nitrogen and oxygen atoms in total. The van der Waals surface area contributed by atoms with Crippen LogP contribution in [0.25, 0.3) is 5.65 Å². The second kappa shape index (κ2) is 8.68. The maximum Gasteiger partial charge on any atom is 0.410 e. The number of fused-ring (bicyclic) bond motifs is 1. The molecule has 0 atom stereocenters. The molecule has 2 amide bonds. The van der Waals surface area contributed by atoms with E-state index in [1.165, 1.54) is 0 Å². The molecule has 2 aliphatic heterocycles. The van der Waals surface area contributed by atoms with Gasteiger partial charge in [0, 0.05) is 38.1 Å². The zero-order valence-electron chi connectivity index (χ0n) is 18.5. The molecule has 2 fully saturated rings. The molecule has 0 radical (unpaired) electrons. The first-order valence-electron chi connectivity index (χ1n) is 11.0. The highest BCUT2D eigenvalue weighted by Crippen LogP contribution is 2.23. The maximum absolute atomic E-state index is 12.8. The standard InChI is InChI=1S/C21H31N7O3/c1-21(2,3)31-20(30)27-12-8-16(9-13-27)23-19(29)15-6-10-26(11-7-15)18-5-4-17-24-22-14-28(17)25-18/h4-5,14-16H,6-13H2,1-3H3,(H,23,29). The minimum atomic E-state index is -0.492. The minimum Gasteiger partial charge on any atom is -0.444 e. The summed E-state index contributed by atoms with van der Waals surface area (Å²) in [7, 11) is 0. The summed E-state index contributed by atoms with van der Waals surface area (Å²) in [6.07, 6.45) is 4.42. The fraction of sp³-hybridized carbons (Fsp3) is 0.667. The first kappa shape index (κ1) is 21.3. The van der Waals surface area contributed by atoms with Gasteiger partial charge in [-0.2, -0.15) is 4.52 Å². The van der Waals surface area contributed by atoms with Crippen molar-refractivity contribution in [2.75, 3.05) is 31.1 Å². The molecule has 0 aliphatic carbocycles. The third-order valence-electron chi connectivity index (χ3n) is 5.83. The number of amides is 2. The van der Waals surface area contributed by atoms with Crippen LogP contribution in [0.1, 0.15) is 46.5 Å². The van der Waals surface area contributed by atoms with Gasteiger partial charge in [-0.25, -0.2) is 4.79 Å². The van der Waals surface area contributed by atoms with Gasteiger partial charge in [-0.3, -0.25) is 4.79 Å². The molecule has 0 unspecified atom stereocenters. The monoisotopic (exact) mass is 429 g/mol. The Morgan fingerprint density at radius 1 is 1.06 bits per heavy atom. The van der Waals surface area contributed by atoms with Crippen LogP contribution < -0.4 is 10.2 Å². The van der Waals surface area contributed by atoms with Gasteiger partial charge >= 0.3 is 6.09 Å². The van der Waals surface area contributed by atoms with E-state index < -0.39 is 5.60 Å². The molecule has 168 valence electrons. The first-order valence-corrected chi connectivity index (χ1v) is 11.0. The molecule has 2 aliphatic rings. The van der Waals surface area contributed by atoms with Crippen LogP contribution in [0.15, 0.2) is 18.5 Å². The normalized spacial score (nSPS) is 18.9. The van der Waals surface area contributed by atoms with E-state index in [9.17, 15) is 9.59 Å². The molecule has 0 saturated carbocycles. The topological polar surface area (TPSA) is 105 Å². The highest BCUT2D eigenvalue weighted by molar-refractivity contribution is 5.79. The van der Waals surface area contributed by atoms with Gasteiger partial charge < -0.3 is 19.9 Å². The Morgan fingerprint density at radius 3 is 2.45 bits per heavy atom. The Morgan fingerprint density at radius 2 is 1.77 bits per heavy atom. The van der Waals surface area contributed by atoms with Crippen LogP contribution in [0.5, 0.6) is 0 Å². The van der Waals surface area contributed by atoms with Crippen molar-refractivity contribution in [2.24, 2.45) is 5.92 Å². The number of piperidine rings is 2. The van der Waals surface area contributed by atoms with E-state index >= 15 is 0 Å². The van der Waals surface area contributed by atoms with Crippen LogP contribution in [0, 0.1) is 5.92 Å². The molecular formula is C21H31N7O3. The SMILES string of the molecule is CC(C)(C)OC(=O)N1CCC(NC(=O)C2CCN(c3ccc4nncn4n3)CC2)CC1. The van der Waals surface area contributed by atoms with Gasteiger partial charge in [0.1, 0.15) is 17.7 Å². The number of carbonyl (C=O) groups excluding carboxylic acids is 2. The van der Waals surface area contributed by atoms with E-state index in [0.717, 1.165) is 50.2 Å². The lowest BCUT2D eigenvalue weighted by Gasteiger charge is -2.35. The van der Waals surface area contributed by atoms with E-state index in [0.29, 0.717) is 13.1 Å². The number of aromatic nitrogens is 4. The lowest BCUT2D eigenvalue weighted by atomic mass is 9.94. The number of hydrogen-bond acceptors (Lipinski definition) is 7. The second-order valence-electron chi connectivity index (χ2n) is 9.34. The summed E-state index contributed by atoms with van der Waals surface area (Å²) in [6, 6.07) is 3.96. The van der Waals surface area contributed by atoms with Crippen molar-refractivity contribution in [2.45, 2.75) is 58.1 Å². The number of anilines is 1. The Labute approximate surface area is 181 Å². The van der Waals surface area contributed by atoms with Crippen LogP contribution in [0.2, 0.25) is 0 Å². The smallest absolute Gasteiger partial charge is 0.410 e. The Hall–Kier alpha value is -2.91. The largest absolute Gasteiger partial charge is 0.444 e. The van der Waals surface area contributed by atoms with Crippen molar-refractivity contribution in [1.29, 1.82) is 0 Å². The van der Waals surface area contributed by atoms with Crippen molar-refractivity contribution in [3.63, 3.8) is 0 Å². The molecule has 0 spiro atoms. The molecular weight excluding hydrogens is 398 g/mol. The lowest BCUT2D eigenvalue weighted by molar-refractivity contribution is -0.126.